The Morgan fingerprint density at radius 1 is 1.25 bits per heavy atom. The van der Waals surface area contributed by atoms with E-state index in [1.54, 1.807) is 0 Å². The van der Waals surface area contributed by atoms with Gasteiger partial charge in [-0.3, -0.25) is 0 Å². The Hall–Kier alpha value is -1.01. The van der Waals surface area contributed by atoms with Crippen molar-refractivity contribution in [2.24, 2.45) is 11.3 Å². The summed E-state index contributed by atoms with van der Waals surface area (Å²) in [7, 11) is 0. The zero-order chi connectivity index (χ0) is 14.8. The molecule has 108 valence electrons. The quantitative estimate of drug-likeness (QED) is 0.724. The van der Waals surface area contributed by atoms with Gasteiger partial charge < -0.3 is 4.90 Å². The van der Waals surface area contributed by atoms with E-state index in [0.29, 0.717) is 5.41 Å². The second kappa shape index (κ2) is 6.18. The fraction of sp³-hybridized carbons (Fsp3) is 0.588. The third-order valence-electron chi connectivity index (χ3n) is 4.37. The molecule has 0 aliphatic carbocycles. The molecule has 1 aromatic carbocycles. The number of nitriles is 1. The van der Waals surface area contributed by atoms with Crippen LogP contribution in [0.3, 0.4) is 0 Å². The van der Waals surface area contributed by atoms with E-state index in [4.69, 9.17) is 0 Å². The second-order valence-electron chi connectivity index (χ2n) is 6.75. The molecule has 1 heterocycles. The van der Waals surface area contributed by atoms with Crippen molar-refractivity contribution in [3.8, 4) is 6.07 Å². The van der Waals surface area contributed by atoms with Crippen LogP contribution in [-0.2, 0) is 0 Å². The molecule has 0 aromatic heterocycles. The van der Waals surface area contributed by atoms with Gasteiger partial charge in [0.2, 0.25) is 0 Å². The third kappa shape index (κ3) is 3.55. The summed E-state index contributed by atoms with van der Waals surface area (Å²) >= 11 is 3.44. The molecular weight excluding hydrogens is 312 g/mol. The largest absolute Gasteiger partial charge is 0.370 e. The highest BCUT2D eigenvalue weighted by atomic mass is 79.9. The minimum absolute atomic E-state index is 0.383. The van der Waals surface area contributed by atoms with E-state index in [0.717, 1.165) is 34.7 Å². The molecule has 0 N–H and O–H groups in total. The number of hydrogen-bond donors (Lipinski definition) is 0. The van der Waals surface area contributed by atoms with Crippen LogP contribution in [-0.4, -0.2) is 13.1 Å². The van der Waals surface area contributed by atoms with Gasteiger partial charge in [0.25, 0.3) is 0 Å². The van der Waals surface area contributed by atoms with E-state index in [9.17, 15) is 5.26 Å². The van der Waals surface area contributed by atoms with Crippen molar-refractivity contribution in [1.82, 2.24) is 0 Å². The molecule has 2 rings (SSSR count). The Balaban J connectivity index is 2.17. The summed E-state index contributed by atoms with van der Waals surface area (Å²) < 4.78 is 0.972. The van der Waals surface area contributed by atoms with Crippen molar-refractivity contribution < 1.29 is 0 Å². The number of nitrogens with zero attached hydrogens (tertiary/aromatic N) is 2. The molecule has 1 aliphatic rings. The maximum atomic E-state index is 9.33. The van der Waals surface area contributed by atoms with Crippen LogP contribution in [0.25, 0.3) is 0 Å². The van der Waals surface area contributed by atoms with E-state index in [2.05, 4.69) is 53.7 Å². The molecule has 1 unspecified atom stereocenters. The van der Waals surface area contributed by atoms with Gasteiger partial charge in [-0.1, -0.05) is 36.7 Å². The Morgan fingerprint density at radius 3 is 2.65 bits per heavy atom. The number of hydrogen-bond acceptors (Lipinski definition) is 2. The van der Waals surface area contributed by atoms with E-state index in [1.807, 2.05) is 12.1 Å². The van der Waals surface area contributed by atoms with Gasteiger partial charge in [-0.25, -0.2) is 0 Å². The topological polar surface area (TPSA) is 27.0 Å². The van der Waals surface area contributed by atoms with Crippen molar-refractivity contribution in [3.05, 3.63) is 28.2 Å². The Bertz CT molecular complexity index is 511. The molecule has 1 atom stereocenters. The summed E-state index contributed by atoms with van der Waals surface area (Å²) in [6, 6.07) is 8.34. The predicted octanol–water partition coefficient (Wildman–Crippen LogP) is 4.97. The van der Waals surface area contributed by atoms with Crippen LogP contribution in [0.4, 0.5) is 5.69 Å². The number of benzene rings is 1. The minimum Gasteiger partial charge on any atom is -0.370 e. The predicted molar refractivity (Wildman–Crippen MR) is 87.9 cm³/mol. The lowest BCUT2D eigenvalue weighted by Crippen LogP contribution is -2.26. The molecule has 2 nitrogen and oxygen atoms in total. The summed E-state index contributed by atoms with van der Waals surface area (Å²) in [6.07, 6.45) is 3.71. The normalized spacial score (nSPS) is 20.4. The molecule has 0 bridgehead atoms. The maximum absolute atomic E-state index is 9.33. The summed E-state index contributed by atoms with van der Waals surface area (Å²) in [5.41, 5.74) is 2.24. The van der Waals surface area contributed by atoms with Crippen LogP contribution < -0.4 is 4.90 Å². The summed E-state index contributed by atoms with van der Waals surface area (Å²) in [5.74, 6) is 0.772. The van der Waals surface area contributed by atoms with Crippen LogP contribution in [0.2, 0.25) is 0 Å². The van der Waals surface area contributed by atoms with Crippen molar-refractivity contribution >= 4 is 21.6 Å². The van der Waals surface area contributed by atoms with Gasteiger partial charge in [0.15, 0.2) is 0 Å². The van der Waals surface area contributed by atoms with Crippen molar-refractivity contribution in [2.75, 3.05) is 18.0 Å². The first-order valence-corrected chi connectivity index (χ1v) is 8.15. The van der Waals surface area contributed by atoms with E-state index >= 15 is 0 Å². The monoisotopic (exact) mass is 334 g/mol. The Morgan fingerprint density at radius 2 is 2.00 bits per heavy atom. The van der Waals surface area contributed by atoms with Gasteiger partial charge in [-0.15, -0.1) is 0 Å². The minimum atomic E-state index is 0.383. The molecule has 0 radical (unpaired) electrons. The zero-order valence-electron chi connectivity index (χ0n) is 12.6. The molecule has 1 aromatic rings. The first-order valence-electron chi connectivity index (χ1n) is 7.36. The summed E-state index contributed by atoms with van der Waals surface area (Å²) in [5, 5.41) is 9.33. The van der Waals surface area contributed by atoms with Crippen LogP contribution in [0, 0.1) is 22.7 Å². The lowest BCUT2D eigenvalue weighted by Gasteiger charge is -2.30. The molecular formula is C17H23BrN2. The SMILES string of the molecule is CC(C)(C)C1CCCN(c2ccc(Br)cc2C#N)CC1. The number of halogens is 1. The van der Waals surface area contributed by atoms with Crippen LogP contribution in [0.5, 0.6) is 0 Å². The van der Waals surface area contributed by atoms with E-state index in [-0.39, 0.29) is 0 Å². The van der Waals surface area contributed by atoms with Crippen LogP contribution in [0.15, 0.2) is 22.7 Å². The summed E-state index contributed by atoms with van der Waals surface area (Å²) in [6.45, 7) is 9.14. The second-order valence-corrected chi connectivity index (χ2v) is 7.67. The molecule has 0 saturated carbocycles. The maximum Gasteiger partial charge on any atom is 0.101 e. The highest BCUT2D eigenvalue weighted by Crippen LogP contribution is 2.36. The van der Waals surface area contributed by atoms with Gasteiger partial charge in [-0.05, 0) is 48.8 Å². The molecule has 3 heteroatoms. The summed E-state index contributed by atoms with van der Waals surface area (Å²) in [4.78, 5) is 2.39. The highest BCUT2D eigenvalue weighted by Gasteiger charge is 2.27. The zero-order valence-corrected chi connectivity index (χ0v) is 14.2. The van der Waals surface area contributed by atoms with E-state index < -0.39 is 0 Å². The lowest BCUT2D eigenvalue weighted by molar-refractivity contribution is 0.220. The smallest absolute Gasteiger partial charge is 0.101 e. The molecule has 0 spiro atoms. The van der Waals surface area contributed by atoms with Crippen LogP contribution in [0.1, 0.15) is 45.6 Å². The standard InChI is InChI=1S/C17H23BrN2/c1-17(2,3)14-5-4-9-20(10-8-14)16-7-6-15(18)11-13(16)12-19/h6-7,11,14H,4-5,8-10H2,1-3H3. The number of rotatable bonds is 1. The first-order chi connectivity index (χ1) is 9.41. The Labute approximate surface area is 130 Å². The molecule has 0 amide bonds. The molecule has 1 saturated heterocycles. The number of anilines is 1. The average molecular weight is 335 g/mol. The van der Waals surface area contributed by atoms with Crippen molar-refractivity contribution in [1.29, 1.82) is 5.26 Å². The van der Waals surface area contributed by atoms with Gasteiger partial charge >= 0.3 is 0 Å². The fourth-order valence-electron chi connectivity index (χ4n) is 3.08. The lowest BCUT2D eigenvalue weighted by atomic mass is 9.77. The van der Waals surface area contributed by atoms with Gasteiger partial charge in [-0.2, -0.15) is 5.26 Å². The Kier molecular flexibility index (Phi) is 4.75. The van der Waals surface area contributed by atoms with Crippen molar-refractivity contribution in [3.63, 3.8) is 0 Å². The van der Waals surface area contributed by atoms with Crippen molar-refractivity contribution in [2.45, 2.75) is 40.0 Å². The third-order valence-corrected chi connectivity index (χ3v) is 4.87. The van der Waals surface area contributed by atoms with E-state index in [1.165, 1.54) is 19.3 Å². The molecule has 1 aliphatic heterocycles. The first kappa shape index (κ1) is 15.4. The fourth-order valence-corrected chi connectivity index (χ4v) is 3.44. The highest BCUT2D eigenvalue weighted by molar-refractivity contribution is 9.10. The van der Waals surface area contributed by atoms with Gasteiger partial charge in [0.1, 0.15) is 6.07 Å². The average Bonchev–Trinajstić information content (AvgIpc) is 2.63. The van der Waals surface area contributed by atoms with Gasteiger partial charge in [0, 0.05) is 17.6 Å². The van der Waals surface area contributed by atoms with Gasteiger partial charge in [0.05, 0.1) is 11.3 Å². The van der Waals surface area contributed by atoms with Crippen LogP contribution >= 0.6 is 15.9 Å². The molecule has 20 heavy (non-hydrogen) atoms. The molecule has 1 fully saturated rings.